The van der Waals surface area contributed by atoms with E-state index in [4.69, 9.17) is 18.9 Å². The van der Waals surface area contributed by atoms with Gasteiger partial charge in [0.15, 0.2) is 11.6 Å². The van der Waals surface area contributed by atoms with Gasteiger partial charge in [-0.25, -0.2) is 22.8 Å². The summed E-state index contributed by atoms with van der Waals surface area (Å²) < 4.78 is 68.4. The molecule has 40 heavy (non-hydrogen) atoms. The van der Waals surface area contributed by atoms with Gasteiger partial charge in [-0.3, -0.25) is 9.29 Å². The topological polar surface area (TPSA) is 143 Å². The van der Waals surface area contributed by atoms with Crippen LogP contribution in [0.5, 0.6) is 11.5 Å². The summed E-state index contributed by atoms with van der Waals surface area (Å²) >= 11 is 0. The number of hydrogen-bond acceptors (Lipinski definition) is 11. The van der Waals surface area contributed by atoms with Crippen molar-refractivity contribution >= 4 is 21.9 Å². The number of halogens is 1. The molecule has 0 spiro atoms. The van der Waals surface area contributed by atoms with E-state index in [1.165, 1.54) is 14.2 Å². The van der Waals surface area contributed by atoms with Gasteiger partial charge in [0, 0.05) is 26.3 Å². The Balaban J connectivity index is 1.52. The minimum atomic E-state index is -4.06. The SMILES string of the molecule is CCO[C@@H]1C[C@@H](S(=O)(=O)Nc2nnc([C@@H]3CCCO3)n2-c2c(OC)cccc2OC)CN(c2ncc(F)cn2)C1. The molecule has 2 fully saturated rings. The Morgan fingerprint density at radius 2 is 1.85 bits per heavy atom. The number of benzene rings is 1. The molecule has 0 aliphatic carbocycles. The Hall–Kier alpha value is -3.56. The zero-order valence-electron chi connectivity index (χ0n) is 22.5. The molecule has 15 heteroatoms. The molecular formula is C25H32FN7O6S. The molecule has 0 radical (unpaired) electrons. The van der Waals surface area contributed by atoms with Gasteiger partial charge >= 0.3 is 0 Å². The maximum atomic E-state index is 13.9. The van der Waals surface area contributed by atoms with E-state index in [1.54, 1.807) is 27.7 Å². The summed E-state index contributed by atoms with van der Waals surface area (Å²) in [6.45, 7) is 3.23. The van der Waals surface area contributed by atoms with Crippen LogP contribution in [0.15, 0.2) is 30.6 Å². The third-order valence-electron chi connectivity index (χ3n) is 6.87. The fraction of sp³-hybridized carbons (Fsp3) is 0.520. The van der Waals surface area contributed by atoms with E-state index in [-0.39, 0.29) is 31.0 Å². The van der Waals surface area contributed by atoms with Gasteiger partial charge in [0.2, 0.25) is 21.9 Å². The van der Waals surface area contributed by atoms with Crippen LogP contribution in [-0.4, -0.2) is 85.0 Å². The fourth-order valence-electron chi connectivity index (χ4n) is 5.06. The minimum Gasteiger partial charge on any atom is -0.494 e. The molecule has 4 heterocycles. The fourth-order valence-corrected chi connectivity index (χ4v) is 6.45. The first-order chi connectivity index (χ1) is 19.3. The summed E-state index contributed by atoms with van der Waals surface area (Å²) in [4.78, 5) is 9.75. The van der Waals surface area contributed by atoms with Crippen molar-refractivity contribution < 1.29 is 31.8 Å². The van der Waals surface area contributed by atoms with Gasteiger partial charge in [0.05, 0.1) is 32.7 Å². The first-order valence-corrected chi connectivity index (χ1v) is 14.5. The molecule has 216 valence electrons. The number of anilines is 2. The number of nitrogens with one attached hydrogen (secondary N) is 1. The number of hydrogen-bond donors (Lipinski definition) is 1. The van der Waals surface area contributed by atoms with Gasteiger partial charge in [0.1, 0.15) is 28.5 Å². The standard InChI is InChI=1S/C25H32FN7O6S/c1-4-38-17-11-18(15-32(14-17)24-27-12-16(26)13-28-24)40(34,35)31-25-30-29-23(21-9-6-10-39-21)33(25)22-19(36-2)7-5-8-20(22)37-3/h5,7-8,12-13,17-18,21H,4,6,9-11,14-15H2,1-3H3,(H,30,31)/t17-,18-,21+/m1/s1. The van der Waals surface area contributed by atoms with E-state index in [1.807, 2.05) is 6.92 Å². The summed E-state index contributed by atoms with van der Waals surface area (Å²) in [5.74, 6) is 0.904. The van der Waals surface area contributed by atoms with Gasteiger partial charge in [0.25, 0.3) is 0 Å². The monoisotopic (exact) mass is 577 g/mol. The summed E-state index contributed by atoms with van der Waals surface area (Å²) in [5.41, 5.74) is 0.442. The zero-order chi connectivity index (χ0) is 28.3. The van der Waals surface area contributed by atoms with Crippen molar-refractivity contribution in [2.24, 2.45) is 0 Å². The first kappa shape index (κ1) is 28.0. The van der Waals surface area contributed by atoms with E-state index >= 15 is 0 Å². The molecule has 2 aliphatic rings. The van der Waals surface area contributed by atoms with E-state index < -0.39 is 27.2 Å². The molecule has 3 atom stereocenters. The largest absolute Gasteiger partial charge is 0.494 e. The Labute approximate surface area is 231 Å². The maximum Gasteiger partial charge on any atom is 0.243 e. The van der Waals surface area contributed by atoms with Crippen molar-refractivity contribution in [3.8, 4) is 17.2 Å². The number of rotatable bonds is 10. The van der Waals surface area contributed by atoms with Crippen molar-refractivity contribution in [2.75, 3.05) is 50.1 Å². The number of aromatic nitrogens is 5. The van der Waals surface area contributed by atoms with Crippen LogP contribution in [0.1, 0.15) is 38.1 Å². The predicted molar refractivity (Wildman–Crippen MR) is 143 cm³/mol. The molecule has 0 amide bonds. The molecule has 2 aliphatic heterocycles. The van der Waals surface area contributed by atoms with Crippen molar-refractivity contribution in [2.45, 2.75) is 43.6 Å². The second kappa shape index (κ2) is 11.9. The summed E-state index contributed by atoms with van der Waals surface area (Å²) in [6, 6.07) is 5.25. The first-order valence-electron chi connectivity index (χ1n) is 13.0. The molecule has 5 rings (SSSR count). The number of ether oxygens (including phenoxy) is 4. The van der Waals surface area contributed by atoms with Crippen LogP contribution in [0.3, 0.4) is 0 Å². The van der Waals surface area contributed by atoms with Crippen molar-refractivity contribution in [3.05, 3.63) is 42.2 Å². The lowest BCUT2D eigenvalue weighted by Crippen LogP contribution is -2.51. The van der Waals surface area contributed by atoms with Crippen LogP contribution in [0.4, 0.5) is 16.3 Å². The maximum absolute atomic E-state index is 13.9. The number of piperidine rings is 1. The molecule has 0 unspecified atom stereocenters. The van der Waals surface area contributed by atoms with Crippen LogP contribution >= 0.6 is 0 Å². The summed E-state index contributed by atoms with van der Waals surface area (Å²) in [7, 11) is -1.04. The average molecular weight is 578 g/mol. The molecule has 2 saturated heterocycles. The highest BCUT2D eigenvalue weighted by Gasteiger charge is 2.39. The number of nitrogens with zero attached hydrogens (tertiary/aromatic N) is 6. The molecule has 3 aromatic rings. The van der Waals surface area contributed by atoms with Crippen LogP contribution in [0.25, 0.3) is 5.69 Å². The van der Waals surface area contributed by atoms with E-state index in [0.29, 0.717) is 49.2 Å². The van der Waals surface area contributed by atoms with Crippen LogP contribution in [0, 0.1) is 5.82 Å². The molecular weight excluding hydrogens is 545 g/mol. The Kier molecular flexibility index (Phi) is 8.32. The molecule has 13 nitrogen and oxygen atoms in total. The Bertz CT molecular complexity index is 1390. The van der Waals surface area contributed by atoms with Crippen molar-refractivity contribution in [1.82, 2.24) is 24.7 Å². The molecule has 0 bridgehead atoms. The minimum absolute atomic E-state index is 0.0311. The van der Waals surface area contributed by atoms with Gasteiger partial charge in [-0.15, -0.1) is 10.2 Å². The molecule has 0 saturated carbocycles. The van der Waals surface area contributed by atoms with E-state index in [0.717, 1.165) is 18.8 Å². The van der Waals surface area contributed by atoms with Crippen molar-refractivity contribution in [3.63, 3.8) is 0 Å². The van der Waals surface area contributed by atoms with Gasteiger partial charge < -0.3 is 23.8 Å². The predicted octanol–water partition coefficient (Wildman–Crippen LogP) is 2.49. The van der Waals surface area contributed by atoms with Gasteiger partial charge in [-0.2, -0.15) is 0 Å². The van der Waals surface area contributed by atoms with Crippen LogP contribution < -0.4 is 19.1 Å². The highest BCUT2D eigenvalue weighted by molar-refractivity contribution is 7.93. The molecule has 1 aromatic carbocycles. The normalized spacial score (nSPS) is 21.4. The highest BCUT2D eigenvalue weighted by atomic mass is 32.2. The van der Waals surface area contributed by atoms with Crippen LogP contribution in [-0.2, 0) is 19.5 Å². The molecule has 2 aromatic heterocycles. The van der Waals surface area contributed by atoms with Gasteiger partial charge in [-0.05, 0) is 38.3 Å². The van der Waals surface area contributed by atoms with E-state index in [2.05, 4.69) is 24.9 Å². The third-order valence-corrected chi connectivity index (χ3v) is 8.56. The second-order valence-electron chi connectivity index (χ2n) is 9.42. The lowest BCUT2D eigenvalue weighted by Gasteiger charge is -2.37. The highest BCUT2D eigenvalue weighted by Crippen LogP contribution is 2.39. The quantitative estimate of drug-likeness (QED) is 0.380. The number of sulfonamides is 1. The summed E-state index contributed by atoms with van der Waals surface area (Å²) in [5, 5.41) is 7.63. The van der Waals surface area contributed by atoms with E-state index in [9.17, 15) is 12.8 Å². The van der Waals surface area contributed by atoms with Gasteiger partial charge in [-0.1, -0.05) is 6.07 Å². The zero-order valence-corrected chi connectivity index (χ0v) is 23.3. The third kappa shape index (κ3) is 5.67. The molecule has 1 N–H and O–H groups in total. The number of methoxy groups -OCH3 is 2. The van der Waals surface area contributed by atoms with Crippen LogP contribution in [0.2, 0.25) is 0 Å². The Morgan fingerprint density at radius 1 is 1.12 bits per heavy atom. The second-order valence-corrected chi connectivity index (χ2v) is 11.4. The number of para-hydroxylation sites is 1. The Morgan fingerprint density at radius 3 is 2.48 bits per heavy atom. The lowest BCUT2D eigenvalue weighted by atomic mass is 10.1. The van der Waals surface area contributed by atoms with Crippen molar-refractivity contribution in [1.29, 1.82) is 0 Å². The lowest BCUT2D eigenvalue weighted by molar-refractivity contribution is 0.0531. The summed E-state index contributed by atoms with van der Waals surface area (Å²) in [6.07, 6.45) is 3.06. The smallest absolute Gasteiger partial charge is 0.243 e. The average Bonchev–Trinajstić information content (AvgIpc) is 3.63.